The highest BCUT2D eigenvalue weighted by Crippen LogP contribution is 2.28. The van der Waals surface area contributed by atoms with Gasteiger partial charge in [0.15, 0.2) is 0 Å². The molecule has 0 bridgehead atoms. The van der Waals surface area contributed by atoms with E-state index in [1.807, 2.05) is 24.3 Å². The molecule has 0 saturated carbocycles. The molecule has 2 aromatic heterocycles. The number of carbonyl (C=O) groups excluding carboxylic acids is 1. The summed E-state index contributed by atoms with van der Waals surface area (Å²) in [5.41, 5.74) is 1.49. The monoisotopic (exact) mass is 378 g/mol. The predicted molar refractivity (Wildman–Crippen MR) is 108 cm³/mol. The number of nitrogens with zero attached hydrogens (tertiary/aromatic N) is 1. The number of benzene rings is 2. The van der Waals surface area contributed by atoms with Gasteiger partial charge in [0, 0.05) is 6.42 Å². The van der Waals surface area contributed by atoms with E-state index in [-0.39, 0.29) is 5.56 Å². The fourth-order valence-electron chi connectivity index (χ4n) is 3.29. The smallest absolute Gasteiger partial charge is 0.348 e. The van der Waals surface area contributed by atoms with Crippen molar-refractivity contribution in [1.82, 2.24) is 9.97 Å². The van der Waals surface area contributed by atoms with E-state index < -0.39 is 5.97 Å². The molecular formula is C21H18N2O3S. The molecule has 0 aliphatic carbocycles. The lowest BCUT2D eigenvalue weighted by Crippen LogP contribution is -2.12. The highest BCUT2D eigenvalue weighted by atomic mass is 32.1. The minimum Gasteiger partial charge on any atom is -0.462 e. The van der Waals surface area contributed by atoms with Crippen molar-refractivity contribution >= 4 is 38.3 Å². The van der Waals surface area contributed by atoms with Gasteiger partial charge in [-0.2, -0.15) is 0 Å². The van der Waals surface area contributed by atoms with Crippen LogP contribution in [0.1, 0.15) is 33.5 Å². The SMILES string of the molecule is CCOC(=O)c1sc2nc(Cc3cccc4ccccc34)[nH]c(=O)c2c1C. The van der Waals surface area contributed by atoms with Gasteiger partial charge in [-0.3, -0.25) is 4.79 Å². The Hall–Kier alpha value is -2.99. The maximum absolute atomic E-state index is 12.6. The summed E-state index contributed by atoms with van der Waals surface area (Å²) in [4.78, 5) is 33.2. The van der Waals surface area contributed by atoms with E-state index in [2.05, 4.69) is 28.2 Å². The number of H-pyrrole nitrogens is 1. The summed E-state index contributed by atoms with van der Waals surface area (Å²) in [5.74, 6) is 0.175. The van der Waals surface area contributed by atoms with Crippen molar-refractivity contribution in [3.8, 4) is 0 Å². The van der Waals surface area contributed by atoms with Gasteiger partial charge in [-0.05, 0) is 35.7 Å². The topological polar surface area (TPSA) is 72.0 Å². The Morgan fingerprint density at radius 2 is 1.96 bits per heavy atom. The minimum absolute atomic E-state index is 0.223. The maximum atomic E-state index is 12.6. The Morgan fingerprint density at radius 1 is 1.19 bits per heavy atom. The van der Waals surface area contributed by atoms with E-state index in [0.717, 1.165) is 16.3 Å². The van der Waals surface area contributed by atoms with Crippen molar-refractivity contribution in [2.45, 2.75) is 20.3 Å². The molecule has 2 aromatic carbocycles. The van der Waals surface area contributed by atoms with Crippen LogP contribution in [0.4, 0.5) is 0 Å². The zero-order chi connectivity index (χ0) is 19.0. The number of aromatic amines is 1. The fraction of sp³-hybridized carbons (Fsp3) is 0.190. The molecule has 27 heavy (non-hydrogen) atoms. The maximum Gasteiger partial charge on any atom is 0.348 e. The number of fused-ring (bicyclic) bond motifs is 2. The Balaban J connectivity index is 1.79. The molecule has 1 N–H and O–H groups in total. The van der Waals surface area contributed by atoms with Gasteiger partial charge < -0.3 is 9.72 Å². The Labute approximate surface area is 159 Å². The molecule has 6 heteroatoms. The van der Waals surface area contributed by atoms with Crippen LogP contribution in [-0.2, 0) is 11.2 Å². The summed E-state index contributed by atoms with van der Waals surface area (Å²) in [5, 5.41) is 2.75. The quantitative estimate of drug-likeness (QED) is 0.540. The number of thiophene rings is 1. The van der Waals surface area contributed by atoms with Crippen LogP contribution >= 0.6 is 11.3 Å². The summed E-state index contributed by atoms with van der Waals surface area (Å²) in [6.07, 6.45) is 0.512. The largest absolute Gasteiger partial charge is 0.462 e. The number of carbonyl (C=O) groups is 1. The molecule has 0 atom stereocenters. The second-order valence-corrected chi connectivity index (χ2v) is 7.28. The molecule has 4 rings (SSSR count). The molecule has 0 saturated heterocycles. The molecule has 0 amide bonds. The second-order valence-electron chi connectivity index (χ2n) is 6.28. The number of hydrogen-bond acceptors (Lipinski definition) is 5. The first-order chi connectivity index (χ1) is 13.1. The number of ether oxygens (including phenoxy) is 1. The third-order valence-corrected chi connectivity index (χ3v) is 5.71. The number of aromatic nitrogens is 2. The first-order valence-corrected chi connectivity index (χ1v) is 9.56. The van der Waals surface area contributed by atoms with Crippen LogP contribution in [0.15, 0.2) is 47.3 Å². The van der Waals surface area contributed by atoms with Crippen molar-refractivity contribution in [3.63, 3.8) is 0 Å². The molecule has 2 heterocycles. The fourth-order valence-corrected chi connectivity index (χ4v) is 4.39. The molecule has 0 radical (unpaired) electrons. The van der Waals surface area contributed by atoms with Gasteiger partial charge in [-0.25, -0.2) is 9.78 Å². The van der Waals surface area contributed by atoms with Crippen LogP contribution in [0.2, 0.25) is 0 Å². The standard InChI is InChI=1S/C21H18N2O3S/c1-3-26-21(25)18-12(2)17-19(24)22-16(23-20(17)27-18)11-14-9-6-8-13-7-4-5-10-15(13)14/h4-10H,3,11H2,1-2H3,(H,22,23,24). The summed E-state index contributed by atoms with van der Waals surface area (Å²) >= 11 is 1.21. The van der Waals surface area contributed by atoms with E-state index in [9.17, 15) is 9.59 Å². The number of esters is 1. The van der Waals surface area contributed by atoms with E-state index in [1.165, 1.54) is 11.3 Å². The van der Waals surface area contributed by atoms with Crippen LogP contribution < -0.4 is 5.56 Å². The van der Waals surface area contributed by atoms with Crippen LogP contribution in [0.3, 0.4) is 0 Å². The lowest BCUT2D eigenvalue weighted by molar-refractivity contribution is 0.0531. The third-order valence-electron chi connectivity index (χ3n) is 4.55. The van der Waals surface area contributed by atoms with E-state index in [0.29, 0.717) is 39.5 Å². The number of aryl methyl sites for hydroxylation is 1. The van der Waals surface area contributed by atoms with Gasteiger partial charge in [0.1, 0.15) is 15.5 Å². The molecule has 4 aromatic rings. The average molecular weight is 378 g/mol. The second kappa shape index (κ2) is 6.96. The van der Waals surface area contributed by atoms with Gasteiger partial charge in [-0.15, -0.1) is 11.3 Å². The lowest BCUT2D eigenvalue weighted by atomic mass is 10.0. The van der Waals surface area contributed by atoms with E-state index >= 15 is 0 Å². The van der Waals surface area contributed by atoms with Gasteiger partial charge in [-0.1, -0.05) is 42.5 Å². The number of nitrogens with one attached hydrogen (secondary N) is 1. The summed E-state index contributed by atoms with van der Waals surface area (Å²) < 4.78 is 5.08. The first kappa shape index (κ1) is 17.4. The number of rotatable bonds is 4. The van der Waals surface area contributed by atoms with Crippen LogP contribution in [-0.4, -0.2) is 22.5 Å². The third kappa shape index (κ3) is 3.13. The van der Waals surface area contributed by atoms with Crippen molar-refractivity contribution < 1.29 is 9.53 Å². The average Bonchev–Trinajstić information content (AvgIpc) is 2.99. The molecular weight excluding hydrogens is 360 g/mol. The van der Waals surface area contributed by atoms with Crippen molar-refractivity contribution in [2.75, 3.05) is 6.61 Å². The van der Waals surface area contributed by atoms with E-state index in [4.69, 9.17) is 4.74 Å². The Bertz CT molecular complexity index is 1220. The van der Waals surface area contributed by atoms with Crippen LogP contribution in [0, 0.1) is 6.92 Å². The Kier molecular flexibility index (Phi) is 4.49. The molecule has 0 spiro atoms. The normalized spacial score (nSPS) is 11.2. The van der Waals surface area contributed by atoms with Gasteiger partial charge in [0.05, 0.1) is 12.0 Å². The minimum atomic E-state index is -0.409. The van der Waals surface area contributed by atoms with Crippen LogP contribution in [0.25, 0.3) is 21.0 Å². The van der Waals surface area contributed by atoms with Gasteiger partial charge >= 0.3 is 5.97 Å². The Morgan fingerprint density at radius 3 is 2.78 bits per heavy atom. The first-order valence-electron chi connectivity index (χ1n) is 8.74. The van der Waals surface area contributed by atoms with Gasteiger partial charge in [0.2, 0.25) is 0 Å². The molecule has 0 unspecified atom stereocenters. The molecule has 5 nitrogen and oxygen atoms in total. The van der Waals surface area contributed by atoms with Crippen molar-refractivity contribution in [3.05, 3.63) is 74.6 Å². The summed E-state index contributed by atoms with van der Waals surface area (Å²) in [6.45, 7) is 3.81. The van der Waals surface area contributed by atoms with Crippen LogP contribution in [0.5, 0.6) is 0 Å². The summed E-state index contributed by atoms with van der Waals surface area (Å²) in [6, 6.07) is 14.2. The number of hydrogen-bond donors (Lipinski definition) is 1. The molecule has 136 valence electrons. The highest BCUT2D eigenvalue weighted by molar-refractivity contribution is 7.20. The van der Waals surface area contributed by atoms with E-state index in [1.54, 1.807) is 13.8 Å². The highest BCUT2D eigenvalue weighted by Gasteiger charge is 2.20. The molecule has 0 fully saturated rings. The van der Waals surface area contributed by atoms with Gasteiger partial charge in [0.25, 0.3) is 5.56 Å². The lowest BCUT2D eigenvalue weighted by Gasteiger charge is -2.06. The van der Waals surface area contributed by atoms with Crippen molar-refractivity contribution in [1.29, 1.82) is 0 Å². The molecule has 0 aliphatic heterocycles. The zero-order valence-electron chi connectivity index (χ0n) is 15.0. The summed E-state index contributed by atoms with van der Waals surface area (Å²) in [7, 11) is 0. The zero-order valence-corrected chi connectivity index (χ0v) is 15.9. The van der Waals surface area contributed by atoms with Crippen molar-refractivity contribution in [2.24, 2.45) is 0 Å². The predicted octanol–water partition coefficient (Wildman–Crippen LogP) is 4.21. The molecule has 0 aliphatic rings.